The number of piperidine rings is 1. The third kappa shape index (κ3) is 4.09. The van der Waals surface area contributed by atoms with E-state index in [-0.39, 0.29) is 5.91 Å². The van der Waals surface area contributed by atoms with Crippen LogP contribution in [0.3, 0.4) is 0 Å². The summed E-state index contributed by atoms with van der Waals surface area (Å²) in [7, 11) is 0. The maximum Gasteiger partial charge on any atom is 0.231 e. The Morgan fingerprint density at radius 2 is 2.35 bits per heavy atom. The number of hydrogen-bond donors (Lipinski definition) is 2. The van der Waals surface area contributed by atoms with Crippen LogP contribution >= 0.6 is 11.3 Å². The highest BCUT2D eigenvalue weighted by atomic mass is 32.1. The first kappa shape index (κ1) is 12.5. The molecule has 0 aliphatic carbocycles. The number of quaternary nitrogens is 1. The van der Waals surface area contributed by atoms with Crippen molar-refractivity contribution < 1.29 is 9.69 Å². The first-order valence-corrected chi connectivity index (χ1v) is 7.15. The predicted molar refractivity (Wildman–Crippen MR) is 69.3 cm³/mol. The summed E-state index contributed by atoms with van der Waals surface area (Å²) in [4.78, 5) is 17.3. The maximum atomic E-state index is 11.7. The molecule has 17 heavy (non-hydrogen) atoms. The molecule has 0 atom stereocenters. The largest absolute Gasteiger partial charge is 0.334 e. The Morgan fingerprint density at radius 3 is 3.00 bits per heavy atom. The first-order valence-electron chi connectivity index (χ1n) is 6.27. The lowest BCUT2D eigenvalue weighted by Crippen LogP contribution is -3.13. The van der Waals surface area contributed by atoms with E-state index in [4.69, 9.17) is 0 Å². The Labute approximate surface area is 106 Å². The topological polar surface area (TPSA) is 46.4 Å². The van der Waals surface area contributed by atoms with Gasteiger partial charge in [-0.15, -0.1) is 11.3 Å². The van der Waals surface area contributed by atoms with E-state index in [2.05, 4.69) is 17.2 Å². The average Bonchev–Trinajstić information content (AvgIpc) is 2.81. The highest BCUT2D eigenvalue weighted by Crippen LogP contribution is 2.10. The molecule has 4 nitrogen and oxygen atoms in total. The second-order valence-corrected chi connectivity index (χ2v) is 5.71. The van der Waals surface area contributed by atoms with Crippen LogP contribution in [0.25, 0.3) is 0 Å². The molecule has 94 valence electrons. The van der Waals surface area contributed by atoms with Gasteiger partial charge >= 0.3 is 0 Å². The van der Waals surface area contributed by atoms with Crippen molar-refractivity contribution in [3.05, 3.63) is 11.6 Å². The number of amides is 1. The predicted octanol–water partition coefficient (Wildman–Crippen LogP) is 0.786. The third-order valence-corrected chi connectivity index (χ3v) is 4.05. The van der Waals surface area contributed by atoms with Crippen molar-refractivity contribution in [2.24, 2.45) is 5.92 Å². The van der Waals surface area contributed by atoms with Crippen LogP contribution in [0.1, 0.15) is 26.2 Å². The molecule has 0 bridgehead atoms. The van der Waals surface area contributed by atoms with Gasteiger partial charge in [0.25, 0.3) is 0 Å². The Kier molecular flexibility index (Phi) is 4.50. The fourth-order valence-corrected chi connectivity index (χ4v) is 2.72. The van der Waals surface area contributed by atoms with Gasteiger partial charge in [0.2, 0.25) is 5.91 Å². The molecule has 1 saturated heterocycles. The minimum atomic E-state index is 0.0890. The van der Waals surface area contributed by atoms with Crippen molar-refractivity contribution in [3.8, 4) is 0 Å². The Morgan fingerprint density at radius 1 is 1.59 bits per heavy atom. The summed E-state index contributed by atoms with van der Waals surface area (Å²) in [6.45, 7) is 5.69. The molecule has 0 radical (unpaired) electrons. The summed E-state index contributed by atoms with van der Waals surface area (Å²) in [5.74, 6) is 0.953. The number of carbonyl (C=O) groups is 1. The number of thiazole rings is 1. The van der Waals surface area contributed by atoms with Gasteiger partial charge in [0, 0.05) is 11.6 Å². The van der Waals surface area contributed by atoms with Crippen LogP contribution in [0, 0.1) is 5.92 Å². The third-order valence-electron chi connectivity index (χ3n) is 3.37. The van der Waals surface area contributed by atoms with Gasteiger partial charge in [-0.3, -0.25) is 4.79 Å². The fraction of sp³-hybridized carbons (Fsp3) is 0.667. The minimum Gasteiger partial charge on any atom is -0.334 e. The molecule has 0 spiro atoms. The quantitative estimate of drug-likeness (QED) is 0.834. The minimum absolute atomic E-state index is 0.0890. The molecule has 1 aliphatic heterocycles. The highest BCUT2D eigenvalue weighted by molar-refractivity contribution is 7.13. The van der Waals surface area contributed by atoms with Crippen molar-refractivity contribution in [1.29, 1.82) is 0 Å². The fourth-order valence-electron chi connectivity index (χ4n) is 2.18. The number of aromatic nitrogens is 1. The van der Waals surface area contributed by atoms with E-state index < -0.39 is 0 Å². The van der Waals surface area contributed by atoms with Gasteiger partial charge in [0.15, 0.2) is 5.13 Å². The van der Waals surface area contributed by atoms with Crippen LogP contribution in [0.4, 0.5) is 5.13 Å². The van der Waals surface area contributed by atoms with Crippen molar-refractivity contribution in [3.63, 3.8) is 0 Å². The van der Waals surface area contributed by atoms with Crippen LogP contribution in [0.2, 0.25) is 0 Å². The first-order chi connectivity index (χ1) is 8.24. The van der Waals surface area contributed by atoms with Crippen LogP contribution < -0.4 is 10.2 Å². The van der Waals surface area contributed by atoms with Crippen molar-refractivity contribution in [2.45, 2.75) is 26.2 Å². The summed E-state index contributed by atoms with van der Waals surface area (Å²) < 4.78 is 0. The van der Waals surface area contributed by atoms with Gasteiger partial charge in [-0.25, -0.2) is 4.98 Å². The van der Waals surface area contributed by atoms with Gasteiger partial charge in [-0.2, -0.15) is 0 Å². The number of hydrogen-bond acceptors (Lipinski definition) is 3. The van der Waals surface area contributed by atoms with E-state index in [1.54, 1.807) is 11.1 Å². The molecule has 2 heterocycles. The second-order valence-electron chi connectivity index (χ2n) is 4.82. The van der Waals surface area contributed by atoms with Crippen LogP contribution in [0.15, 0.2) is 11.6 Å². The normalized spacial score (nSPS) is 24.5. The summed E-state index contributed by atoms with van der Waals surface area (Å²) >= 11 is 1.46. The molecule has 2 N–H and O–H groups in total. The van der Waals surface area contributed by atoms with E-state index >= 15 is 0 Å². The lowest BCUT2D eigenvalue weighted by atomic mass is 9.99. The van der Waals surface area contributed by atoms with Crippen molar-refractivity contribution >= 4 is 22.4 Å². The molecule has 1 aliphatic rings. The van der Waals surface area contributed by atoms with Crippen LogP contribution in [-0.2, 0) is 4.79 Å². The molecule has 0 unspecified atom stereocenters. The number of carbonyl (C=O) groups excluding carboxylic acids is 1. The molecule has 5 heteroatoms. The van der Waals surface area contributed by atoms with Crippen molar-refractivity contribution in [2.75, 3.05) is 25.0 Å². The number of likely N-dealkylation sites (tertiary alicyclic amines) is 1. The monoisotopic (exact) mass is 254 g/mol. The number of rotatable bonds is 4. The Bertz CT molecular complexity index is 345. The molecule has 1 fully saturated rings. The van der Waals surface area contributed by atoms with E-state index in [1.165, 1.54) is 37.3 Å². The lowest BCUT2D eigenvalue weighted by molar-refractivity contribution is -0.905. The zero-order chi connectivity index (χ0) is 12.1. The molecule has 0 aromatic carbocycles. The molecule has 1 aromatic heterocycles. The zero-order valence-electron chi connectivity index (χ0n) is 10.2. The SMILES string of the molecule is CC1CC[NH+](CCC(=O)Nc2nccs2)CC1. The smallest absolute Gasteiger partial charge is 0.231 e. The standard InChI is InChI=1S/C12H19N3OS/c1-10-2-6-15(7-3-10)8-4-11(16)14-12-13-5-9-17-12/h5,9-10H,2-4,6-8H2,1H3,(H,13,14,16)/p+1. The van der Waals surface area contributed by atoms with Gasteiger partial charge in [-0.1, -0.05) is 6.92 Å². The van der Waals surface area contributed by atoms with Gasteiger partial charge in [0.05, 0.1) is 26.1 Å². The molecule has 2 rings (SSSR count). The molecule has 1 amide bonds. The lowest BCUT2D eigenvalue weighted by Gasteiger charge is -2.26. The molecule has 0 saturated carbocycles. The molecular formula is C12H20N3OS+. The van der Waals surface area contributed by atoms with Gasteiger partial charge in [0.1, 0.15) is 0 Å². The van der Waals surface area contributed by atoms with Gasteiger partial charge in [-0.05, 0) is 18.8 Å². The second kappa shape index (κ2) is 6.12. The summed E-state index contributed by atoms with van der Waals surface area (Å²) in [5, 5.41) is 5.40. The zero-order valence-corrected chi connectivity index (χ0v) is 11.1. The van der Waals surface area contributed by atoms with E-state index in [1.807, 2.05) is 5.38 Å². The van der Waals surface area contributed by atoms with Crippen LogP contribution in [0.5, 0.6) is 0 Å². The summed E-state index contributed by atoms with van der Waals surface area (Å²) in [5.41, 5.74) is 0. The summed E-state index contributed by atoms with van der Waals surface area (Å²) in [6.07, 6.45) is 4.90. The average molecular weight is 254 g/mol. The van der Waals surface area contributed by atoms with Gasteiger partial charge < -0.3 is 10.2 Å². The molecular weight excluding hydrogens is 234 g/mol. The Hall–Kier alpha value is -0.940. The summed E-state index contributed by atoms with van der Waals surface area (Å²) in [6, 6.07) is 0. The number of nitrogens with zero attached hydrogens (tertiary/aromatic N) is 1. The van der Waals surface area contributed by atoms with Crippen LogP contribution in [-0.4, -0.2) is 30.5 Å². The van der Waals surface area contributed by atoms with E-state index in [0.29, 0.717) is 11.6 Å². The number of anilines is 1. The van der Waals surface area contributed by atoms with E-state index in [9.17, 15) is 4.79 Å². The highest BCUT2D eigenvalue weighted by Gasteiger charge is 2.19. The number of nitrogens with one attached hydrogen (secondary N) is 2. The Balaban J connectivity index is 1.66. The van der Waals surface area contributed by atoms with Crippen molar-refractivity contribution in [1.82, 2.24) is 4.98 Å². The molecule has 1 aromatic rings. The van der Waals surface area contributed by atoms with E-state index in [0.717, 1.165) is 12.5 Å². The maximum absolute atomic E-state index is 11.7.